The van der Waals surface area contributed by atoms with Crippen molar-refractivity contribution in [2.75, 3.05) is 21.1 Å². The van der Waals surface area contributed by atoms with Crippen molar-refractivity contribution in [1.82, 2.24) is 29.5 Å². The summed E-state index contributed by atoms with van der Waals surface area (Å²) in [7, 11) is 4.45. The second kappa shape index (κ2) is 8.68. The minimum Gasteiger partial charge on any atom is -0.404 e. The van der Waals surface area contributed by atoms with Crippen molar-refractivity contribution in [2.24, 2.45) is 0 Å². The molecule has 3 aromatic heterocycles. The number of ether oxygens (including phenoxy) is 1. The zero-order valence-corrected chi connectivity index (χ0v) is 19.3. The van der Waals surface area contributed by atoms with Gasteiger partial charge in [0, 0.05) is 38.9 Å². The van der Waals surface area contributed by atoms with E-state index in [1.54, 1.807) is 10.9 Å². The number of aromatic nitrogens is 4. The van der Waals surface area contributed by atoms with Crippen LogP contribution in [0.1, 0.15) is 41.7 Å². The molecule has 0 atom stereocenters. The molecular formula is C23H28N6O4. The molecule has 2 amide bonds. The molecule has 1 saturated carbocycles. The van der Waals surface area contributed by atoms with Crippen LogP contribution >= 0.6 is 0 Å². The molecule has 0 radical (unpaired) electrons. The van der Waals surface area contributed by atoms with Gasteiger partial charge in [0.25, 0.3) is 11.3 Å². The Balaban J connectivity index is 1.82. The summed E-state index contributed by atoms with van der Waals surface area (Å²) in [6.07, 6.45) is 8.44. The molecule has 33 heavy (non-hydrogen) atoms. The van der Waals surface area contributed by atoms with Crippen LogP contribution in [0, 0.1) is 6.92 Å². The maximum absolute atomic E-state index is 12.8. The molecule has 0 aromatic carbocycles. The van der Waals surface area contributed by atoms with E-state index in [0.717, 1.165) is 42.3 Å². The van der Waals surface area contributed by atoms with Crippen molar-refractivity contribution in [3.8, 4) is 5.75 Å². The van der Waals surface area contributed by atoms with Crippen molar-refractivity contribution >= 4 is 23.0 Å². The number of hydrogen-bond donors (Lipinski definition) is 1. The molecule has 3 aromatic rings. The van der Waals surface area contributed by atoms with Crippen LogP contribution in [0.15, 0.2) is 35.5 Å². The highest BCUT2D eigenvalue weighted by Crippen LogP contribution is 2.40. The Labute approximate surface area is 191 Å². The second-order valence-electron chi connectivity index (χ2n) is 8.70. The van der Waals surface area contributed by atoms with Gasteiger partial charge in [0.15, 0.2) is 11.4 Å². The third-order valence-corrected chi connectivity index (χ3v) is 6.20. The van der Waals surface area contributed by atoms with E-state index >= 15 is 0 Å². The monoisotopic (exact) mass is 452 g/mol. The fourth-order valence-electron chi connectivity index (χ4n) is 4.51. The summed E-state index contributed by atoms with van der Waals surface area (Å²) in [5.41, 5.74) is 0.630. The normalized spacial score (nSPS) is 14.9. The number of amides is 2. The largest absolute Gasteiger partial charge is 0.414 e. The minimum absolute atomic E-state index is 0.234. The standard InChI is InChI=1S/C23H28N6O4/c1-15-12-29(20-16(15)8-7-11-25-20)23(9-5-6-10-23)14-28-13-17(33-22(32)27(3)4)19(30)18(26-28)21(31)24-2/h7-8,11-13H,5-6,9-10,14H2,1-4H3,(H,24,31). The molecule has 1 aliphatic rings. The Kier molecular flexibility index (Phi) is 5.92. The molecule has 3 heterocycles. The molecule has 0 saturated heterocycles. The Morgan fingerprint density at radius 3 is 2.64 bits per heavy atom. The van der Waals surface area contributed by atoms with Crippen molar-refractivity contribution in [1.29, 1.82) is 0 Å². The molecule has 1 aliphatic carbocycles. The van der Waals surface area contributed by atoms with Gasteiger partial charge in [0.1, 0.15) is 5.65 Å². The molecular weight excluding hydrogens is 424 g/mol. The van der Waals surface area contributed by atoms with Gasteiger partial charge in [-0.2, -0.15) is 5.10 Å². The van der Waals surface area contributed by atoms with E-state index in [2.05, 4.69) is 39.2 Å². The summed E-state index contributed by atoms with van der Waals surface area (Å²) >= 11 is 0. The molecule has 1 N–H and O–H groups in total. The Hall–Kier alpha value is -3.69. The highest BCUT2D eigenvalue weighted by molar-refractivity contribution is 5.92. The first-order valence-electron chi connectivity index (χ1n) is 10.9. The van der Waals surface area contributed by atoms with Gasteiger partial charge in [-0.25, -0.2) is 9.78 Å². The van der Waals surface area contributed by atoms with Crippen LogP contribution < -0.4 is 15.5 Å². The minimum atomic E-state index is -0.731. The van der Waals surface area contributed by atoms with Gasteiger partial charge in [-0.05, 0) is 37.5 Å². The van der Waals surface area contributed by atoms with Crippen LogP contribution in [-0.2, 0) is 12.1 Å². The highest BCUT2D eigenvalue weighted by Gasteiger charge is 2.38. The van der Waals surface area contributed by atoms with Crippen molar-refractivity contribution in [3.63, 3.8) is 0 Å². The maximum Gasteiger partial charge on any atom is 0.414 e. The summed E-state index contributed by atoms with van der Waals surface area (Å²) in [5.74, 6) is -0.872. The van der Waals surface area contributed by atoms with E-state index in [1.165, 1.54) is 32.2 Å². The molecule has 4 rings (SSSR count). The summed E-state index contributed by atoms with van der Waals surface area (Å²) in [6.45, 7) is 2.45. The first-order chi connectivity index (χ1) is 15.8. The molecule has 0 bridgehead atoms. The van der Waals surface area contributed by atoms with Crippen LogP contribution in [-0.4, -0.2) is 57.4 Å². The van der Waals surface area contributed by atoms with Gasteiger partial charge in [-0.15, -0.1) is 0 Å². The molecule has 10 heteroatoms. The van der Waals surface area contributed by atoms with E-state index in [0.29, 0.717) is 6.54 Å². The average Bonchev–Trinajstić information content (AvgIpc) is 3.40. The lowest BCUT2D eigenvalue weighted by Crippen LogP contribution is -2.38. The van der Waals surface area contributed by atoms with Gasteiger partial charge in [0.05, 0.1) is 18.3 Å². The molecule has 0 spiro atoms. The van der Waals surface area contributed by atoms with Crippen molar-refractivity contribution < 1.29 is 14.3 Å². The number of nitrogens with zero attached hydrogens (tertiary/aromatic N) is 5. The van der Waals surface area contributed by atoms with Crippen molar-refractivity contribution in [3.05, 3.63) is 52.2 Å². The number of carbonyl (C=O) groups excluding carboxylic acids is 2. The smallest absolute Gasteiger partial charge is 0.404 e. The number of aryl methyl sites for hydroxylation is 1. The topological polar surface area (TPSA) is 111 Å². The van der Waals surface area contributed by atoms with Crippen LogP contribution in [0.5, 0.6) is 5.75 Å². The number of nitrogens with one attached hydrogen (secondary N) is 1. The van der Waals surface area contributed by atoms with Gasteiger partial charge in [-0.1, -0.05) is 12.8 Å². The van der Waals surface area contributed by atoms with Crippen LogP contribution in [0.3, 0.4) is 0 Å². The Morgan fingerprint density at radius 1 is 1.24 bits per heavy atom. The molecule has 0 aliphatic heterocycles. The summed E-state index contributed by atoms with van der Waals surface area (Å²) < 4.78 is 9.02. The average molecular weight is 453 g/mol. The Morgan fingerprint density at radius 2 is 1.97 bits per heavy atom. The summed E-state index contributed by atoms with van der Waals surface area (Å²) in [4.78, 5) is 43.1. The lowest BCUT2D eigenvalue weighted by atomic mass is 9.97. The van der Waals surface area contributed by atoms with Gasteiger partial charge in [0.2, 0.25) is 0 Å². The van der Waals surface area contributed by atoms with Gasteiger partial charge >= 0.3 is 6.09 Å². The molecule has 1 fully saturated rings. The quantitative estimate of drug-likeness (QED) is 0.636. The van der Waals surface area contributed by atoms with E-state index in [1.807, 2.05) is 6.07 Å². The zero-order valence-electron chi connectivity index (χ0n) is 19.3. The third kappa shape index (κ3) is 4.08. The number of hydrogen-bond acceptors (Lipinski definition) is 6. The van der Waals surface area contributed by atoms with E-state index in [4.69, 9.17) is 4.74 Å². The zero-order chi connectivity index (χ0) is 23.8. The number of fused-ring (bicyclic) bond motifs is 1. The SMILES string of the molecule is CNC(=O)c1nn(CC2(n3cc(C)c4cccnc43)CCCC2)cc(OC(=O)N(C)C)c1=O. The summed E-state index contributed by atoms with van der Waals surface area (Å²) in [6, 6.07) is 3.97. The lowest BCUT2D eigenvalue weighted by molar-refractivity contribution is 0.0951. The fourth-order valence-corrected chi connectivity index (χ4v) is 4.51. The molecule has 0 unspecified atom stereocenters. The molecule has 10 nitrogen and oxygen atoms in total. The number of pyridine rings is 1. The van der Waals surface area contributed by atoms with E-state index < -0.39 is 17.4 Å². The maximum atomic E-state index is 12.8. The predicted molar refractivity (Wildman–Crippen MR) is 123 cm³/mol. The van der Waals surface area contributed by atoms with Crippen LogP contribution in [0.4, 0.5) is 4.79 Å². The number of rotatable bonds is 5. The van der Waals surface area contributed by atoms with Gasteiger partial charge < -0.3 is 19.5 Å². The first-order valence-corrected chi connectivity index (χ1v) is 10.9. The predicted octanol–water partition coefficient (Wildman–Crippen LogP) is 2.29. The Bertz CT molecular complexity index is 1270. The first kappa shape index (κ1) is 22.5. The fraction of sp³-hybridized carbons (Fsp3) is 0.435. The summed E-state index contributed by atoms with van der Waals surface area (Å²) in [5, 5.41) is 7.85. The number of carbonyl (C=O) groups is 2. The second-order valence-corrected chi connectivity index (χ2v) is 8.70. The third-order valence-electron chi connectivity index (χ3n) is 6.20. The highest BCUT2D eigenvalue weighted by atomic mass is 16.6. The molecule has 174 valence electrons. The van der Waals surface area contributed by atoms with Gasteiger partial charge in [-0.3, -0.25) is 14.3 Å². The van der Waals surface area contributed by atoms with Crippen LogP contribution in [0.25, 0.3) is 11.0 Å². The van der Waals surface area contributed by atoms with E-state index in [9.17, 15) is 14.4 Å². The van der Waals surface area contributed by atoms with Crippen LogP contribution in [0.2, 0.25) is 0 Å². The van der Waals surface area contributed by atoms with Crippen molar-refractivity contribution in [2.45, 2.75) is 44.7 Å². The van der Waals surface area contributed by atoms with E-state index in [-0.39, 0.29) is 17.0 Å². The lowest BCUT2D eigenvalue weighted by Gasteiger charge is -2.32.